The first-order chi connectivity index (χ1) is 16.6. The van der Waals surface area contributed by atoms with Crippen molar-refractivity contribution in [2.45, 2.75) is 90.8 Å². The smallest absolute Gasteiger partial charge is 0.495 e. The van der Waals surface area contributed by atoms with Gasteiger partial charge in [0, 0.05) is 31.1 Å². The van der Waals surface area contributed by atoms with E-state index >= 15 is 0 Å². The SMILES string of the molecule is COc1ccc(CN2CC(C)(C)OC(C)(Cc3c(C)cc(Cl)cc3B3OC(C)(C)C(C)(C)O3)C2)cc1. The number of hydrogen-bond acceptors (Lipinski definition) is 5. The van der Waals surface area contributed by atoms with Gasteiger partial charge in [0.2, 0.25) is 0 Å². The van der Waals surface area contributed by atoms with Crippen molar-refractivity contribution >= 4 is 24.2 Å². The molecular formula is C29H41BClNO4. The van der Waals surface area contributed by atoms with E-state index in [0.29, 0.717) is 5.02 Å². The molecule has 2 aliphatic rings. The summed E-state index contributed by atoms with van der Waals surface area (Å²) in [4.78, 5) is 2.49. The number of hydrogen-bond donors (Lipinski definition) is 0. The van der Waals surface area contributed by atoms with E-state index in [1.54, 1.807) is 7.11 Å². The van der Waals surface area contributed by atoms with Gasteiger partial charge in [-0.15, -0.1) is 0 Å². The number of morpholine rings is 1. The second-order valence-corrected chi connectivity index (χ2v) is 12.8. The van der Waals surface area contributed by atoms with Gasteiger partial charge in [-0.3, -0.25) is 4.90 Å². The number of halogens is 1. The van der Waals surface area contributed by atoms with E-state index in [9.17, 15) is 0 Å². The average Bonchev–Trinajstić information content (AvgIpc) is 2.95. The van der Waals surface area contributed by atoms with E-state index in [1.165, 1.54) is 11.1 Å². The summed E-state index contributed by atoms with van der Waals surface area (Å²) in [7, 11) is 1.22. The van der Waals surface area contributed by atoms with E-state index in [-0.39, 0.29) is 5.60 Å². The van der Waals surface area contributed by atoms with Gasteiger partial charge in [0.25, 0.3) is 0 Å². The Morgan fingerprint density at radius 3 is 2.14 bits per heavy atom. The maximum Gasteiger partial charge on any atom is 0.495 e. The van der Waals surface area contributed by atoms with E-state index in [0.717, 1.165) is 42.8 Å². The molecule has 196 valence electrons. The Morgan fingerprint density at radius 1 is 0.944 bits per heavy atom. The fraction of sp³-hybridized carbons (Fsp3) is 0.586. The predicted molar refractivity (Wildman–Crippen MR) is 147 cm³/mol. The second kappa shape index (κ2) is 9.63. The van der Waals surface area contributed by atoms with Crippen LogP contribution in [0.1, 0.15) is 65.2 Å². The lowest BCUT2D eigenvalue weighted by Gasteiger charge is -2.49. The molecule has 0 spiro atoms. The zero-order chi connectivity index (χ0) is 26.5. The van der Waals surface area contributed by atoms with Crippen LogP contribution in [0, 0.1) is 6.92 Å². The van der Waals surface area contributed by atoms with Crippen molar-refractivity contribution in [3.63, 3.8) is 0 Å². The van der Waals surface area contributed by atoms with Crippen molar-refractivity contribution < 1.29 is 18.8 Å². The Hall–Kier alpha value is -1.57. The molecule has 1 unspecified atom stereocenters. The zero-order valence-corrected chi connectivity index (χ0v) is 24.1. The fourth-order valence-electron chi connectivity index (χ4n) is 5.59. The monoisotopic (exact) mass is 513 g/mol. The van der Waals surface area contributed by atoms with Crippen LogP contribution in [0.25, 0.3) is 0 Å². The highest BCUT2D eigenvalue weighted by atomic mass is 35.5. The molecule has 0 N–H and O–H groups in total. The summed E-state index contributed by atoms with van der Waals surface area (Å²) >= 11 is 6.54. The average molecular weight is 514 g/mol. The van der Waals surface area contributed by atoms with E-state index < -0.39 is 23.9 Å². The Bertz CT molecular complexity index is 1090. The minimum atomic E-state index is -0.474. The van der Waals surface area contributed by atoms with Crippen LogP contribution in [0.4, 0.5) is 0 Å². The molecule has 2 aromatic carbocycles. The van der Waals surface area contributed by atoms with Crippen molar-refractivity contribution in [1.29, 1.82) is 0 Å². The number of ether oxygens (including phenoxy) is 2. The van der Waals surface area contributed by atoms with Crippen LogP contribution in [-0.4, -0.2) is 54.6 Å². The number of aryl methyl sites for hydroxylation is 1. The summed E-state index contributed by atoms with van der Waals surface area (Å²) in [5, 5.41) is 0.692. The summed E-state index contributed by atoms with van der Waals surface area (Å²) in [6, 6.07) is 12.3. The number of methoxy groups -OCH3 is 1. The van der Waals surface area contributed by atoms with Crippen LogP contribution in [0.15, 0.2) is 36.4 Å². The number of rotatable bonds is 6. The Labute approximate surface area is 222 Å². The first-order valence-corrected chi connectivity index (χ1v) is 13.2. The van der Waals surface area contributed by atoms with Crippen LogP contribution in [0.5, 0.6) is 5.75 Å². The van der Waals surface area contributed by atoms with Gasteiger partial charge in [0.15, 0.2) is 0 Å². The predicted octanol–water partition coefficient (Wildman–Crippen LogP) is 5.57. The normalized spacial score (nSPS) is 25.2. The highest BCUT2D eigenvalue weighted by molar-refractivity contribution is 6.63. The summed E-state index contributed by atoms with van der Waals surface area (Å²) < 4.78 is 25.0. The third kappa shape index (κ3) is 5.78. The maximum atomic E-state index is 6.78. The zero-order valence-electron chi connectivity index (χ0n) is 23.3. The molecule has 0 bridgehead atoms. The highest BCUT2D eigenvalue weighted by Gasteiger charge is 2.53. The molecule has 2 saturated heterocycles. The van der Waals surface area contributed by atoms with Crippen molar-refractivity contribution in [3.8, 4) is 5.75 Å². The highest BCUT2D eigenvalue weighted by Crippen LogP contribution is 2.38. The molecule has 0 aromatic heterocycles. The van der Waals surface area contributed by atoms with Gasteiger partial charge in [-0.05, 0) is 102 Å². The standard InChI is InChI=1S/C29H41BClNO4/c1-20-14-22(31)15-25(30-35-27(4,5)28(6,7)36-30)24(20)16-29(8)19-32(18-26(2,3)34-29)17-21-10-12-23(33-9)13-11-21/h10-15H,16-19H2,1-9H3. The van der Waals surface area contributed by atoms with Gasteiger partial charge in [0.1, 0.15) is 5.75 Å². The lowest BCUT2D eigenvalue weighted by atomic mass is 9.72. The maximum absolute atomic E-state index is 6.78. The summed E-state index contributed by atoms with van der Waals surface area (Å²) in [5.74, 6) is 0.874. The first-order valence-electron chi connectivity index (χ1n) is 12.8. The molecule has 1 atom stereocenters. The Balaban J connectivity index is 1.62. The van der Waals surface area contributed by atoms with Crippen molar-refractivity contribution in [2.75, 3.05) is 20.2 Å². The molecule has 2 heterocycles. The van der Waals surface area contributed by atoms with Crippen LogP contribution < -0.4 is 10.2 Å². The molecule has 2 aliphatic heterocycles. The largest absolute Gasteiger partial charge is 0.497 e. The summed E-state index contributed by atoms with van der Waals surface area (Å²) in [6.45, 7) is 19.5. The third-order valence-electron chi connectivity index (χ3n) is 7.78. The minimum Gasteiger partial charge on any atom is -0.497 e. The second-order valence-electron chi connectivity index (χ2n) is 12.4. The molecule has 0 aliphatic carbocycles. The molecule has 0 saturated carbocycles. The number of benzene rings is 2. The lowest BCUT2D eigenvalue weighted by Crippen LogP contribution is -2.59. The molecule has 2 fully saturated rings. The van der Waals surface area contributed by atoms with E-state index in [2.05, 4.69) is 72.4 Å². The molecule has 36 heavy (non-hydrogen) atoms. The third-order valence-corrected chi connectivity index (χ3v) is 8.00. The fourth-order valence-corrected chi connectivity index (χ4v) is 5.87. The molecule has 0 amide bonds. The quantitative estimate of drug-likeness (QED) is 0.472. The van der Waals surface area contributed by atoms with Gasteiger partial charge < -0.3 is 18.8 Å². The van der Waals surface area contributed by atoms with Crippen LogP contribution in [0.2, 0.25) is 5.02 Å². The Morgan fingerprint density at radius 2 is 1.56 bits per heavy atom. The van der Waals surface area contributed by atoms with Gasteiger partial charge in [-0.2, -0.15) is 0 Å². The van der Waals surface area contributed by atoms with Gasteiger partial charge in [-0.1, -0.05) is 23.7 Å². The minimum absolute atomic E-state index is 0.287. The molecule has 0 radical (unpaired) electrons. The molecule has 7 heteroatoms. The van der Waals surface area contributed by atoms with E-state index in [1.807, 2.05) is 24.3 Å². The Kier molecular flexibility index (Phi) is 7.35. The van der Waals surface area contributed by atoms with E-state index in [4.69, 9.17) is 30.4 Å². The molecule has 5 nitrogen and oxygen atoms in total. The van der Waals surface area contributed by atoms with Gasteiger partial charge >= 0.3 is 7.12 Å². The van der Waals surface area contributed by atoms with Gasteiger partial charge in [-0.25, -0.2) is 0 Å². The molecule has 4 rings (SSSR count). The van der Waals surface area contributed by atoms with Crippen LogP contribution in [0.3, 0.4) is 0 Å². The summed E-state index contributed by atoms with van der Waals surface area (Å²) in [6.07, 6.45) is 0.734. The van der Waals surface area contributed by atoms with Crippen LogP contribution in [-0.2, 0) is 27.0 Å². The van der Waals surface area contributed by atoms with Crippen molar-refractivity contribution in [2.24, 2.45) is 0 Å². The number of nitrogens with zero attached hydrogens (tertiary/aromatic N) is 1. The lowest BCUT2D eigenvalue weighted by molar-refractivity contribution is -0.190. The topological polar surface area (TPSA) is 40.2 Å². The first kappa shape index (κ1) is 27.5. The van der Waals surface area contributed by atoms with Crippen molar-refractivity contribution in [1.82, 2.24) is 4.90 Å². The van der Waals surface area contributed by atoms with Gasteiger partial charge in [0.05, 0.1) is 29.5 Å². The van der Waals surface area contributed by atoms with Crippen molar-refractivity contribution in [3.05, 3.63) is 58.1 Å². The summed E-state index contributed by atoms with van der Waals surface area (Å²) in [5.41, 5.74) is 3.03. The molecular weight excluding hydrogens is 473 g/mol. The van der Waals surface area contributed by atoms with Crippen LogP contribution >= 0.6 is 11.6 Å². The molecule has 2 aromatic rings.